The number of carbonyl (C=O) groups excluding carboxylic acids is 1. The van der Waals surface area contributed by atoms with Crippen LogP contribution in [0.5, 0.6) is 0 Å². The lowest BCUT2D eigenvalue weighted by Gasteiger charge is -1.98. The lowest BCUT2D eigenvalue weighted by atomic mass is 10.2. The van der Waals surface area contributed by atoms with E-state index in [0.717, 1.165) is 6.42 Å². The Morgan fingerprint density at radius 1 is 1.55 bits per heavy atom. The Hall–Kier alpha value is -0.570. The topological polar surface area (TPSA) is 48.2 Å². The lowest BCUT2D eigenvalue weighted by molar-refractivity contribution is -0.141. The summed E-state index contributed by atoms with van der Waals surface area (Å²) in [6, 6.07) is 1.27. The van der Waals surface area contributed by atoms with Gasteiger partial charge in [-0.1, -0.05) is 6.92 Å². The molecule has 1 rings (SSSR count). The van der Waals surface area contributed by atoms with Crippen LogP contribution in [0.4, 0.5) is 0 Å². The molecule has 0 bridgehead atoms. The summed E-state index contributed by atoms with van der Waals surface area (Å²) in [5, 5.41) is 3.30. The van der Waals surface area contributed by atoms with Crippen molar-refractivity contribution in [2.75, 3.05) is 6.61 Å². The van der Waals surface area contributed by atoms with Crippen molar-refractivity contribution in [1.82, 2.24) is 5.32 Å². The van der Waals surface area contributed by atoms with Gasteiger partial charge in [0.1, 0.15) is 0 Å². The van der Waals surface area contributed by atoms with Gasteiger partial charge in [0.2, 0.25) is 0 Å². The maximum absolute atomic E-state index is 10.4. The lowest BCUT2D eigenvalue weighted by Crippen LogP contribution is -2.04. The Bertz CT molecular complexity index is 147. The summed E-state index contributed by atoms with van der Waals surface area (Å²) in [6.07, 6.45) is 2.13. The van der Waals surface area contributed by atoms with E-state index in [2.05, 4.69) is 12.2 Å². The smallest absolute Gasteiger partial charge is 0.302 e. The molecule has 0 spiro atoms. The van der Waals surface area contributed by atoms with Crippen molar-refractivity contribution in [2.45, 2.75) is 38.8 Å². The zero-order valence-electron chi connectivity index (χ0n) is 7.09. The molecule has 0 saturated carbocycles. The molecule has 1 N–H and O–H groups in total. The second-order valence-corrected chi connectivity index (χ2v) is 2.92. The molecule has 1 fully saturated rings. The summed E-state index contributed by atoms with van der Waals surface area (Å²) in [5.41, 5.74) is 0. The first kappa shape index (κ1) is 8.53. The van der Waals surface area contributed by atoms with Crippen LogP contribution in [0, 0.1) is 0 Å². The van der Waals surface area contributed by atoms with Crippen molar-refractivity contribution in [3.63, 3.8) is 0 Å². The van der Waals surface area contributed by atoms with Crippen molar-refractivity contribution in [3.05, 3.63) is 0 Å². The highest BCUT2D eigenvalue weighted by Gasteiger charge is 2.33. The molecule has 0 aromatic carbocycles. The van der Waals surface area contributed by atoms with Gasteiger partial charge in [0.25, 0.3) is 0 Å². The van der Waals surface area contributed by atoms with Gasteiger partial charge in [-0.2, -0.15) is 0 Å². The zero-order valence-corrected chi connectivity index (χ0v) is 7.09. The monoisotopic (exact) mass is 157 g/mol. The van der Waals surface area contributed by atoms with Gasteiger partial charge in [-0.15, -0.1) is 0 Å². The summed E-state index contributed by atoms with van der Waals surface area (Å²) in [6.45, 7) is 4.16. The molecule has 0 aliphatic carbocycles. The zero-order chi connectivity index (χ0) is 8.27. The standard InChI is InChI=1S/C8H15NO2/c1-3-7-8(9-7)4-5-11-6(2)10/h7-9H,3-5H2,1-2H3. The van der Waals surface area contributed by atoms with Crippen molar-refractivity contribution in [2.24, 2.45) is 0 Å². The Morgan fingerprint density at radius 2 is 2.27 bits per heavy atom. The van der Waals surface area contributed by atoms with Gasteiger partial charge in [-0.05, 0) is 12.8 Å². The first-order valence-electron chi connectivity index (χ1n) is 4.13. The minimum atomic E-state index is -0.182. The fourth-order valence-electron chi connectivity index (χ4n) is 1.24. The molecule has 0 amide bonds. The van der Waals surface area contributed by atoms with Gasteiger partial charge < -0.3 is 10.1 Å². The second-order valence-electron chi connectivity index (χ2n) is 2.92. The highest BCUT2D eigenvalue weighted by atomic mass is 16.5. The molecular formula is C8H15NO2. The molecule has 3 heteroatoms. The maximum Gasteiger partial charge on any atom is 0.302 e. The van der Waals surface area contributed by atoms with Crippen molar-refractivity contribution in [1.29, 1.82) is 0 Å². The predicted molar refractivity (Wildman–Crippen MR) is 42.3 cm³/mol. The van der Waals surface area contributed by atoms with E-state index in [1.54, 1.807) is 0 Å². The molecule has 3 nitrogen and oxygen atoms in total. The maximum atomic E-state index is 10.4. The fourth-order valence-corrected chi connectivity index (χ4v) is 1.24. The number of rotatable bonds is 4. The summed E-state index contributed by atoms with van der Waals surface area (Å²) in [4.78, 5) is 10.4. The molecule has 11 heavy (non-hydrogen) atoms. The summed E-state index contributed by atoms with van der Waals surface area (Å²) < 4.78 is 4.81. The molecular weight excluding hydrogens is 142 g/mol. The van der Waals surface area contributed by atoms with E-state index in [0.29, 0.717) is 18.7 Å². The van der Waals surface area contributed by atoms with E-state index in [1.807, 2.05) is 0 Å². The molecule has 64 valence electrons. The first-order chi connectivity index (χ1) is 5.24. The minimum Gasteiger partial charge on any atom is -0.466 e. The number of ether oxygens (including phenoxy) is 1. The first-order valence-corrected chi connectivity index (χ1v) is 4.13. The Balaban J connectivity index is 1.93. The normalized spacial score (nSPS) is 28.2. The van der Waals surface area contributed by atoms with Crippen LogP contribution in [0.15, 0.2) is 0 Å². The highest BCUT2D eigenvalue weighted by Crippen LogP contribution is 2.17. The largest absolute Gasteiger partial charge is 0.466 e. The van der Waals surface area contributed by atoms with E-state index in [1.165, 1.54) is 13.3 Å². The van der Waals surface area contributed by atoms with Crippen molar-refractivity contribution < 1.29 is 9.53 Å². The highest BCUT2D eigenvalue weighted by molar-refractivity contribution is 5.65. The summed E-state index contributed by atoms with van der Waals surface area (Å²) >= 11 is 0. The molecule has 1 saturated heterocycles. The number of nitrogens with one attached hydrogen (secondary N) is 1. The van der Waals surface area contributed by atoms with Crippen LogP contribution >= 0.6 is 0 Å². The minimum absolute atomic E-state index is 0.182. The molecule has 0 aromatic rings. The van der Waals surface area contributed by atoms with E-state index in [-0.39, 0.29) is 5.97 Å². The average molecular weight is 157 g/mol. The Labute approximate surface area is 67.1 Å². The van der Waals surface area contributed by atoms with Crippen molar-refractivity contribution >= 4 is 5.97 Å². The molecule has 1 aliphatic rings. The number of hydrogen-bond donors (Lipinski definition) is 1. The van der Waals surface area contributed by atoms with E-state index >= 15 is 0 Å². The number of esters is 1. The van der Waals surface area contributed by atoms with Crippen LogP contribution in [0.25, 0.3) is 0 Å². The van der Waals surface area contributed by atoms with Gasteiger partial charge in [0, 0.05) is 19.0 Å². The second kappa shape index (κ2) is 3.72. The third kappa shape index (κ3) is 2.89. The average Bonchev–Trinajstić information content (AvgIpc) is 2.66. The fraction of sp³-hybridized carbons (Fsp3) is 0.875. The van der Waals surface area contributed by atoms with E-state index in [4.69, 9.17) is 4.74 Å². The Kier molecular flexibility index (Phi) is 2.88. The van der Waals surface area contributed by atoms with Crippen molar-refractivity contribution in [3.8, 4) is 0 Å². The van der Waals surface area contributed by atoms with Gasteiger partial charge >= 0.3 is 5.97 Å². The molecule has 2 unspecified atom stereocenters. The van der Waals surface area contributed by atoms with Crippen LogP contribution in [-0.2, 0) is 9.53 Å². The Morgan fingerprint density at radius 3 is 2.73 bits per heavy atom. The quantitative estimate of drug-likeness (QED) is 0.482. The predicted octanol–water partition coefficient (Wildman–Crippen LogP) is 0.690. The molecule has 1 aliphatic heterocycles. The van der Waals surface area contributed by atoms with Crippen LogP contribution in [-0.4, -0.2) is 24.7 Å². The van der Waals surface area contributed by atoms with E-state index in [9.17, 15) is 4.79 Å². The van der Waals surface area contributed by atoms with Gasteiger partial charge in [0.05, 0.1) is 6.61 Å². The van der Waals surface area contributed by atoms with Crippen LogP contribution in [0.1, 0.15) is 26.7 Å². The molecule has 2 atom stereocenters. The third-order valence-electron chi connectivity index (χ3n) is 1.98. The molecule has 1 heterocycles. The van der Waals surface area contributed by atoms with Crippen LogP contribution in [0.2, 0.25) is 0 Å². The SMILES string of the molecule is CCC1NC1CCOC(C)=O. The van der Waals surface area contributed by atoms with Gasteiger partial charge in [-0.3, -0.25) is 4.79 Å². The molecule has 0 radical (unpaired) electrons. The van der Waals surface area contributed by atoms with Crippen LogP contribution in [0.3, 0.4) is 0 Å². The number of hydrogen-bond acceptors (Lipinski definition) is 3. The van der Waals surface area contributed by atoms with E-state index < -0.39 is 0 Å². The van der Waals surface area contributed by atoms with Gasteiger partial charge in [-0.25, -0.2) is 0 Å². The third-order valence-corrected chi connectivity index (χ3v) is 1.98. The number of carbonyl (C=O) groups is 1. The summed E-state index contributed by atoms with van der Waals surface area (Å²) in [5.74, 6) is -0.182. The van der Waals surface area contributed by atoms with Crippen LogP contribution < -0.4 is 5.32 Å². The van der Waals surface area contributed by atoms with Gasteiger partial charge in [0.15, 0.2) is 0 Å². The molecule has 0 aromatic heterocycles. The summed E-state index contributed by atoms with van der Waals surface area (Å²) in [7, 11) is 0.